The molecule has 0 radical (unpaired) electrons. The molecule has 1 aliphatic rings. The van der Waals surface area contributed by atoms with Crippen LogP contribution in [0.2, 0.25) is 0 Å². The molecule has 2 heterocycles. The van der Waals surface area contributed by atoms with Crippen molar-refractivity contribution in [2.45, 2.75) is 13.5 Å². The first-order chi connectivity index (χ1) is 8.72. The van der Waals surface area contributed by atoms with Gasteiger partial charge in [0, 0.05) is 25.2 Å². The summed E-state index contributed by atoms with van der Waals surface area (Å²) in [6.45, 7) is 2.54. The van der Waals surface area contributed by atoms with Gasteiger partial charge >= 0.3 is 0 Å². The molecule has 0 saturated heterocycles. The molecule has 1 aliphatic heterocycles. The number of nitrogens with zero attached hydrogens (tertiary/aromatic N) is 1. The molecule has 3 N–H and O–H groups in total. The van der Waals surface area contributed by atoms with Crippen molar-refractivity contribution in [3.63, 3.8) is 0 Å². The third kappa shape index (κ3) is 2.68. The molecule has 0 unspecified atom stereocenters. The van der Waals surface area contributed by atoms with Crippen LogP contribution in [0.3, 0.4) is 0 Å². The van der Waals surface area contributed by atoms with Crippen molar-refractivity contribution in [1.29, 1.82) is 10.8 Å². The summed E-state index contributed by atoms with van der Waals surface area (Å²) in [6, 6.07) is 3.85. The Morgan fingerprint density at radius 2 is 2.17 bits per heavy atom. The van der Waals surface area contributed by atoms with E-state index in [0.29, 0.717) is 18.0 Å². The second kappa shape index (κ2) is 5.64. The highest BCUT2D eigenvalue weighted by Gasteiger charge is 2.18. The van der Waals surface area contributed by atoms with Crippen molar-refractivity contribution in [2.24, 2.45) is 0 Å². The van der Waals surface area contributed by atoms with Crippen LogP contribution in [0.4, 0.5) is 0 Å². The van der Waals surface area contributed by atoms with Gasteiger partial charge in [0.15, 0.2) is 0 Å². The average Bonchev–Trinajstić information content (AvgIpc) is 2.73. The van der Waals surface area contributed by atoms with Gasteiger partial charge in [-0.2, -0.15) is 0 Å². The highest BCUT2D eigenvalue weighted by Crippen LogP contribution is 2.31. The molecule has 2 rings (SSSR count). The van der Waals surface area contributed by atoms with Gasteiger partial charge in [-0.15, -0.1) is 0 Å². The van der Waals surface area contributed by atoms with Gasteiger partial charge in [0.2, 0.25) is 0 Å². The molecular formula is C13H14N4S. The van der Waals surface area contributed by atoms with Crippen LogP contribution in [0.5, 0.6) is 0 Å². The van der Waals surface area contributed by atoms with Gasteiger partial charge in [-0.3, -0.25) is 10.4 Å². The van der Waals surface area contributed by atoms with Crippen molar-refractivity contribution in [3.8, 4) is 0 Å². The maximum Gasteiger partial charge on any atom is 0.0735 e. The van der Waals surface area contributed by atoms with Crippen LogP contribution in [0.15, 0.2) is 46.1 Å². The van der Waals surface area contributed by atoms with Gasteiger partial charge in [0.25, 0.3) is 0 Å². The second-order valence-corrected chi connectivity index (χ2v) is 4.77. The zero-order valence-electron chi connectivity index (χ0n) is 10.0. The molecule has 0 amide bonds. The Morgan fingerprint density at radius 1 is 1.44 bits per heavy atom. The van der Waals surface area contributed by atoms with Crippen LogP contribution >= 0.6 is 11.8 Å². The third-order valence-corrected chi connectivity index (χ3v) is 3.73. The van der Waals surface area contributed by atoms with Gasteiger partial charge < -0.3 is 10.7 Å². The minimum absolute atomic E-state index is 0.501. The van der Waals surface area contributed by atoms with Gasteiger partial charge in [0.05, 0.1) is 16.3 Å². The van der Waals surface area contributed by atoms with Gasteiger partial charge in [0.1, 0.15) is 0 Å². The zero-order valence-corrected chi connectivity index (χ0v) is 10.8. The lowest BCUT2D eigenvalue weighted by molar-refractivity contribution is 0.843. The van der Waals surface area contributed by atoms with Crippen LogP contribution in [0.1, 0.15) is 12.5 Å². The molecule has 4 nitrogen and oxygen atoms in total. The van der Waals surface area contributed by atoms with Crippen molar-refractivity contribution in [2.75, 3.05) is 0 Å². The Bertz CT molecular complexity index is 531. The van der Waals surface area contributed by atoms with Crippen molar-refractivity contribution in [3.05, 3.63) is 51.7 Å². The van der Waals surface area contributed by atoms with Crippen LogP contribution in [-0.4, -0.2) is 16.9 Å². The first-order valence-electron chi connectivity index (χ1n) is 5.52. The molecule has 0 bridgehead atoms. The van der Waals surface area contributed by atoms with Crippen molar-refractivity contribution < 1.29 is 0 Å². The molecule has 0 saturated carbocycles. The van der Waals surface area contributed by atoms with E-state index in [1.807, 2.05) is 24.5 Å². The Hall–Kier alpha value is -1.88. The second-order valence-electron chi connectivity index (χ2n) is 3.89. The number of aromatic nitrogens is 1. The molecule has 0 atom stereocenters. The normalized spacial score (nSPS) is 17.4. The topological polar surface area (TPSA) is 72.6 Å². The lowest BCUT2D eigenvalue weighted by Gasteiger charge is -2.10. The van der Waals surface area contributed by atoms with Crippen LogP contribution in [0, 0.1) is 10.8 Å². The minimum Gasteiger partial charge on any atom is -0.379 e. The lowest BCUT2D eigenvalue weighted by atomic mass is 10.2. The molecule has 92 valence electrons. The molecule has 0 aliphatic carbocycles. The minimum atomic E-state index is 0.501. The van der Waals surface area contributed by atoms with E-state index in [1.54, 1.807) is 12.4 Å². The number of nitrogens with one attached hydrogen (secondary N) is 3. The molecule has 1 aromatic heterocycles. The summed E-state index contributed by atoms with van der Waals surface area (Å²) in [5.41, 5.74) is 3.24. The maximum absolute atomic E-state index is 7.93. The Balaban J connectivity index is 2.10. The number of pyridine rings is 1. The SMILES string of the molecule is CC1=CS/C(=C(/C=N)NCc2ccncc2)C1=N. The Kier molecular flexibility index (Phi) is 3.94. The van der Waals surface area contributed by atoms with E-state index in [1.165, 1.54) is 18.0 Å². The van der Waals surface area contributed by atoms with Crippen LogP contribution in [-0.2, 0) is 6.54 Å². The summed E-state index contributed by atoms with van der Waals surface area (Å²) in [7, 11) is 0. The molecule has 0 fully saturated rings. The summed E-state index contributed by atoms with van der Waals surface area (Å²) in [4.78, 5) is 4.78. The van der Waals surface area contributed by atoms with Gasteiger partial charge in [-0.05, 0) is 35.6 Å². The highest BCUT2D eigenvalue weighted by atomic mass is 32.2. The number of hydrogen-bond donors (Lipinski definition) is 3. The quantitative estimate of drug-likeness (QED) is 0.727. The fraction of sp³-hybridized carbons (Fsp3) is 0.154. The molecule has 0 aromatic carbocycles. The van der Waals surface area contributed by atoms with Crippen LogP contribution in [0.25, 0.3) is 0 Å². The monoisotopic (exact) mass is 258 g/mol. The van der Waals surface area contributed by atoms with Crippen molar-refractivity contribution in [1.82, 2.24) is 10.3 Å². The van der Waals surface area contributed by atoms with Gasteiger partial charge in [-0.25, -0.2) is 0 Å². The summed E-state index contributed by atoms with van der Waals surface area (Å²) < 4.78 is 0. The Labute approximate surface area is 110 Å². The highest BCUT2D eigenvalue weighted by molar-refractivity contribution is 8.07. The smallest absolute Gasteiger partial charge is 0.0735 e. The molecule has 1 aromatic rings. The van der Waals surface area contributed by atoms with E-state index < -0.39 is 0 Å². The summed E-state index contributed by atoms with van der Waals surface area (Å²) >= 11 is 1.49. The molecular weight excluding hydrogens is 244 g/mol. The lowest BCUT2D eigenvalue weighted by Crippen LogP contribution is -2.17. The first-order valence-corrected chi connectivity index (χ1v) is 6.40. The van der Waals surface area contributed by atoms with E-state index in [4.69, 9.17) is 10.8 Å². The fourth-order valence-electron chi connectivity index (χ4n) is 1.54. The number of thioether (sulfide) groups is 1. The number of rotatable bonds is 4. The predicted molar refractivity (Wildman–Crippen MR) is 76.0 cm³/mol. The molecule has 18 heavy (non-hydrogen) atoms. The average molecular weight is 258 g/mol. The Morgan fingerprint density at radius 3 is 2.72 bits per heavy atom. The summed E-state index contributed by atoms with van der Waals surface area (Å²) in [6.07, 6.45) is 4.75. The number of allylic oxidation sites excluding steroid dienone is 3. The maximum atomic E-state index is 7.93. The van der Waals surface area contributed by atoms with E-state index >= 15 is 0 Å². The third-order valence-electron chi connectivity index (χ3n) is 2.60. The van der Waals surface area contributed by atoms with E-state index in [-0.39, 0.29) is 0 Å². The molecule has 5 heteroatoms. The standard InChI is InChI=1S/C13H14N4S/c1-9-8-18-13(12(9)15)11(6-14)17-7-10-2-4-16-5-3-10/h2-6,8,14-15,17H,7H2,1H3/b13-11-,14-6?,15-12?. The predicted octanol–water partition coefficient (Wildman–Crippen LogP) is 2.70. The zero-order chi connectivity index (χ0) is 13.0. The van der Waals surface area contributed by atoms with E-state index in [0.717, 1.165) is 16.0 Å². The fourth-order valence-corrected chi connectivity index (χ4v) is 2.49. The van der Waals surface area contributed by atoms with Crippen LogP contribution < -0.4 is 5.32 Å². The number of hydrogen-bond acceptors (Lipinski definition) is 5. The van der Waals surface area contributed by atoms with E-state index in [9.17, 15) is 0 Å². The van der Waals surface area contributed by atoms with Crippen molar-refractivity contribution >= 4 is 23.7 Å². The summed E-state index contributed by atoms with van der Waals surface area (Å²) in [5.74, 6) is 0. The van der Waals surface area contributed by atoms with E-state index in [2.05, 4.69) is 10.3 Å². The van der Waals surface area contributed by atoms with Gasteiger partial charge in [-0.1, -0.05) is 11.8 Å². The summed E-state index contributed by atoms with van der Waals surface area (Å²) in [5, 5.41) is 20.5. The first kappa shape index (κ1) is 12.6. The molecule has 0 spiro atoms. The largest absolute Gasteiger partial charge is 0.379 e.